The number of carbonyl (C=O) groups excluding carboxylic acids is 1. The number of nitrogens with zero attached hydrogens (tertiary/aromatic N) is 3. The highest BCUT2D eigenvalue weighted by Crippen LogP contribution is 2.22. The van der Waals surface area contributed by atoms with Gasteiger partial charge in [0.25, 0.3) is 0 Å². The Hall–Kier alpha value is -2.05. The monoisotopic (exact) mass is 405 g/mol. The molecule has 1 aliphatic heterocycles. The van der Waals surface area contributed by atoms with Crippen molar-refractivity contribution in [2.45, 2.75) is 40.2 Å². The van der Waals surface area contributed by atoms with E-state index in [9.17, 15) is 4.79 Å². The summed E-state index contributed by atoms with van der Waals surface area (Å²) in [5, 5.41) is 4.72. The minimum atomic E-state index is 0.202. The highest BCUT2D eigenvalue weighted by Gasteiger charge is 2.22. The van der Waals surface area contributed by atoms with Crippen LogP contribution < -0.4 is 4.74 Å². The van der Waals surface area contributed by atoms with Crippen LogP contribution >= 0.6 is 11.6 Å². The molecule has 0 spiro atoms. The van der Waals surface area contributed by atoms with E-state index in [1.54, 1.807) is 0 Å². The van der Waals surface area contributed by atoms with Crippen LogP contribution in [-0.4, -0.2) is 53.6 Å². The molecule has 0 saturated carbocycles. The molecule has 1 amide bonds. The zero-order valence-corrected chi connectivity index (χ0v) is 17.6. The summed E-state index contributed by atoms with van der Waals surface area (Å²) in [5.41, 5.74) is 3.12. The van der Waals surface area contributed by atoms with Crippen LogP contribution in [0.4, 0.5) is 0 Å². The molecule has 1 saturated heterocycles. The summed E-state index contributed by atoms with van der Waals surface area (Å²) in [6.45, 7) is 10.5. The van der Waals surface area contributed by atoms with Crippen molar-refractivity contribution in [2.75, 3.05) is 32.8 Å². The molecule has 0 bridgehead atoms. The maximum Gasteiger partial charge on any atom is 0.222 e. The van der Waals surface area contributed by atoms with Crippen molar-refractivity contribution >= 4 is 17.5 Å². The molecule has 1 aliphatic rings. The lowest BCUT2D eigenvalue weighted by Gasteiger charge is -2.34. The minimum absolute atomic E-state index is 0.202. The first-order chi connectivity index (χ1) is 13.4. The van der Waals surface area contributed by atoms with Gasteiger partial charge in [0.15, 0.2) is 0 Å². The van der Waals surface area contributed by atoms with Gasteiger partial charge in [-0.1, -0.05) is 16.8 Å². The van der Waals surface area contributed by atoms with Gasteiger partial charge in [0.2, 0.25) is 5.91 Å². The molecule has 28 heavy (non-hydrogen) atoms. The third kappa shape index (κ3) is 5.26. The molecule has 0 N–H and O–H groups in total. The smallest absolute Gasteiger partial charge is 0.222 e. The molecule has 1 fully saturated rings. The number of benzene rings is 1. The van der Waals surface area contributed by atoms with E-state index in [2.05, 4.69) is 10.1 Å². The Labute approximate surface area is 171 Å². The summed E-state index contributed by atoms with van der Waals surface area (Å²) in [6, 6.07) is 5.57. The van der Waals surface area contributed by atoms with E-state index in [0.717, 1.165) is 61.1 Å². The van der Waals surface area contributed by atoms with E-state index in [0.29, 0.717) is 24.5 Å². The number of rotatable bonds is 7. The average Bonchev–Trinajstić information content (AvgIpc) is 2.99. The van der Waals surface area contributed by atoms with Gasteiger partial charge in [-0.3, -0.25) is 9.69 Å². The second kappa shape index (κ2) is 9.43. The first-order valence-electron chi connectivity index (χ1n) is 9.75. The second-order valence-corrected chi connectivity index (χ2v) is 7.76. The summed E-state index contributed by atoms with van der Waals surface area (Å²) in [7, 11) is 0. The molecule has 1 aromatic carbocycles. The molecule has 7 heteroatoms. The number of aryl methyl sites for hydroxylation is 3. The fourth-order valence-corrected chi connectivity index (χ4v) is 3.67. The molecule has 6 nitrogen and oxygen atoms in total. The van der Waals surface area contributed by atoms with Gasteiger partial charge >= 0.3 is 0 Å². The molecular formula is C21H28ClN3O3. The van der Waals surface area contributed by atoms with Crippen LogP contribution in [0.3, 0.4) is 0 Å². The average molecular weight is 406 g/mol. The van der Waals surface area contributed by atoms with Crippen LogP contribution in [0.15, 0.2) is 22.7 Å². The predicted molar refractivity (Wildman–Crippen MR) is 109 cm³/mol. The standard InChI is InChI=1S/C21H28ClN3O3/c1-15-13-18(22)6-7-20(15)27-12-4-5-21(26)25-10-8-24(9-11-25)14-19-16(2)23-28-17(19)3/h6-7,13H,4-5,8-12,14H2,1-3H3. The Morgan fingerprint density at radius 2 is 1.96 bits per heavy atom. The largest absolute Gasteiger partial charge is 0.493 e. The van der Waals surface area contributed by atoms with Crippen molar-refractivity contribution in [3.63, 3.8) is 0 Å². The summed E-state index contributed by atoms with van der Waals surface area (Å²) in [6.07, 6.45) is 1.22. The zero-order valence-electron chi connectivity index (χ0n) is 16.8. The van der Waals surface area contributed by atoms with Crippen molar-refractivity contribution in [1.29, 1.82) is 0 Å². The normalized spacial score (nSPS) is 15.1. The molecule has 3 rings (SSSR count). The van der Waals surface area contributed by atoms with E-state index >= 15 is 0 Å². The Morgan fingerprint density at radius 1 is 1.21 bits per heavy atom. The lowest BCUT2D eigenvalue weighted by atomic mass is 10.1. The Kier molecular flexibility index (Phi) is 6.97. The summed E-state index contributed by atoms with van der Waals surface area (Å²) in [4.78, 5) is 16.8. The number of amides is 1. The fraction of sp³-hybridized carbons (Fsp3) is 0.524. The maximum absolute atomic E-state index is 12.5. The van der Waals surface area contributed by atoms with Gasteiger partial charge < -0.3 is 14.2 Å². The van der Waals surface area contributed by atoms with Gasteiger partial charge in [0.1, 0.15) is 11.5 Å². The quantitative estimate of drug-likeness (QED) is 0.656. The predicted octanol–water partition coefficient (Wildman–Crippen LogP) is 3.76. The summed E-state index contributed by atoms with van der Waals surface area (Å²) < 4.78 is 11.0. The molecule has 0 radical (unpaired) electrons. The van der Waals surface area contributed by atoms with Gasteiger partial charge in [-0.05, 0) is 51.0 Å². The lowest BCUT2D eigenvalue weighted by Crippen LogP contribution is -2.48. The van der Waals surface area contributed by atoms with Crippen LogP contribution in [0.1, 0.15) is 35.4 Å². The van der Waals surface area contributed by atoms with Crippen LogP contribution in [0, 0.1) is 20.8 Å². The van der Waals surface area contributed by atoms with Crippen molar-refractivity contribution in [3.05, 3.63) is 45.8 Å². The van der Waals surface area contributed by atoms with Gasteiger partial charge in [-0.15, -0.1) is 0 Å². The first-order valence-corrected chi connectivity index (χ1v) is 10.1. The number of halogens is 1. The number of hydrogen-bond donors (Lipinski definition) is 0. The first kappa shape index (κ1) is 20.7. The SMILES string of the molecule is Cc1cc(Cl)ccc1OCCCC(=O)N1CCN(Cc2c(C)noc2C)CC1. The maximum atomic E-state index is 12.5. The van der Waals surface area contributed by atoms with Crippen molar-refractivity contribution in [1.82, 2.24) is 15.0 Å². The number of ether oxygens (including phenoxy) is 1. The van der Waals surface area contributed by atoms with Gasteiger partial charge in [0, 0.05) is 49.7 Å². The van der Waals surface area contributed by atoms with E-state index < -0.39 is 0 Å². The van der Waals surface area contributed by atoms with Crippen LogP contribution in [0.25, 0.3) is 0 Å². The van der Waals surface area contributed by atoms with Crippen molar-refractivity contribution in [3.8, 4) is 5.75 Å². The third-order valence-corrected chi connectivity index (χ3v) is 5.45. The molecule has 2 aromatic rings. The molecule has 0 aliphatic carbocycles. The molecule has 152 valence electrons. The van der Waals surface area contributed by atoms with Crippen LogP contribution in [0.2, 0.25) is 5.02 Å². The third-order valence-electron chi connectivity index (χ3n) is 5.22. The van der Waals surface area contributed by atoms with E-state index in [1.165, 1.54) is 0 Å². The van der Waals surface area contributed by atoms with Gasteiger partial charge in [-0.25, -0.2) is 0 Å². The zero-order chi connectivity index (χ0) is 20.1. The molecule has 1 aromatic heterocycles. The summed E-state index contributed by atoms with van der Waals surface area (Å²) >= 11 is 5.95. The summed E-state index contributed by atoms with van der Waals surface area (Å²) in [5.74, 6) is 1.91. The number of carbonyl (C=O) groups is 1. The van der Waals surface area contributed by atoms with Crippen molar-refractivity contribution < 1.29 is 14.1 Å². The molecular weight excluding hydrogens is 378 g/mol. The Morgan fingerprint density at radius 3 is 2.61 bits per heavy atom. The molecule has 0 unspecified atom stereocenters. The van der Waals surface area contributed by atoms with Gasteiger partial charge in [-0.2, -0.15) is 0 Å². The van der Waals surface area contributed by atoms with Crippen LogP contribution in [0.5, 0.6) is 5.75 Å². The second-order valence-electron chi connectivity index (χ2n) is 7.32. The van der Waals surface area contributed by atoms with Gasteiger partial charge in [0.05, 0.1) is 12.3 Å². The lowest BCUT2D eigenvalue weighted by molar-refractivity contribution is -0.133. The highest BCUT2D eigenvalue weighted by molar-refractivity contribution is 6.30. The fourth-order valence-electron chi connectivity index (χ4n) is 3.45. The topological polar surface area (TPSA) is 58.8 Å². The Bertz CT molecular complexity index is 794. The van der Waals surface area contributed by atoms with E-state index in [1.807, 2.05) is 43.9 Å². The van der Waals surface area contributed by atoms with E-state index in [4.69, 9.17) is 20.9 Å². The number of hydrogen-bond acceptors (Lipinski definition) is 5. The Balaban J connectivity index is 1.37. The van der Waals surface area contributed by atoms with Crippen molar-refractivity contribution in [2.24, 2.45) is 0 Å². The molecule has 0 atom stereocenters. The highest BCUT2D eigenvalue weighted by atomic mass is 35.5. The van der Waals surface area contributed by atoms with E-state index in [-0.39, 0.29) is 5.91 Å². The molecule has 2 heterocycles. The minimum Gasteiger partial charge on any atom is -0.493 e. The number of aromatic nitrogens is 1. The number of piperazine rings is 1. The van der Waals surface area contributed by atoms with Crippen LogP contribution in [-0.2, 0) is 11.3 Å².